The first-order chi connectivity index (χ1) is 7.91. The van der Waals surface area contributed by atoms with Crippen LogP contribution in [0.1, 0.15) is 33.1 Å². The standard InChI is InChI=1S/C13H28N2O2/c1-12(2)6-10-15(11-7-13(16)17)9-5-8-14(3)4/h12H,5-11H2,1-4H3,(H,16,17). The predicted octanol–water partition coefficient (Wildman–Crippen LogP) is 1.76. The Morgan fingerprint density at radius 1 is 1.12 bits per heavy atom. The maximum Gasteiger partial charge on any atom is 0.304 e. The number of carboxylic acid groups (broad SMARTS) is 1. The predicted molar refractivity (Wildman–Crippen MR) is 71.3 cm³/mol. The SMILES string of the molecule is CC(C)CCN(CCCN(C)C)CCC(=O)O. The van der Waals surface area contributed by atoms with Gasteiger partial charge in [0.05, 0.1) is 6.42 Å². The highest BCUT2D eigenvalue weighted by Crippen LogP contribution is 2.04. The summed E-state index contributed by atoms with van der Waals surface area (Å²) in [5, 5.41) is 8.72. The third-order valence-electron chi connectivity index (χ3n) is 2.74. The lowest BCUT2D eigenvalue weighted by Crippen LogP contribution is -2.31. The monoisotopic (exact) mass is 244 g/mol. The van der Waals surface area contributed by atoms with Crippen LogP contribution in [0.15, 0.2) is 0 Å². The summed E-state index contributed by atoms with van der Waals surface area (Å²) in [6, 6.07) is 0. The van der Waals surface area contributed by atoms with Crippen LogP contribution < -0.4 is 0 Å². The summed E-state index contributed by atoms with van der Waals surface area (Å²) in [7, 11) is 4.13. The number of rotatable bonds is 10. The first-order valence-electron chi connectivity index (χ1n) is 6.50. The molecule has 0 aromatic rings. The second-order valence-corrected chi connectivity index (χ2v) is 5.32. The Hall–Kier alpha value is -0.610. The summed E-state index contributed by atoms with van der Waals surface area (Å²) in [5.41, 5.74) is 0. The van der Waals surface area contributed by atoms with Crippen molar-refractivity contribution in [2.45, 2.75) is 33.1 Å². The summed E-state index contributed by atoms with van der Waals surface area (Å²) in [5.74, 6) is -0.0247. The molecule has 0 aromatic heterocycles. The lowest BCUT2D eigenvalue weighted by atomic mass is 10.1. The van der Waals surface area contributed by atoms with Crippen molar-refractivity contribution in [3.05, 3.63) is 0 Å². The van der Waals surface area contributed by atoms with E-state index in [-0.39, 0.29) is 6.42 Å². The van der Waals surface area contributed by atoms with Crippen molar-refractivity contribution in [1.82, 2.24) is 9.80 Å². The molecule has 0 atom stereocenters. The van der Waals surface area contributed by atoms with Crippen LogP contribution >= 0.6 is 0 Å². The van der Waals surface area contributed by atoms with Crippen LogP contribution in [0.4, 0.5) is 0 Å². The van der Waals surface area contributed by atoms with Gasteiger partial charge in [0.15, 0.2) is 0 Å². The summed E-state index contributed by atoms with van der Waals surface area (Å²) in [6.07, 6.45) is 2.49. The summed E-state index contributed by atoms with van der Waals surface area (Å²) in [4.78, 5) is 15.0. The molecule has 102 valence electrons. The van der Waals surface area contributed by atoms with E-state index in [0.717, 1.165) is 32.5 Å². The van der Waals surface area contributed by atoms with E-state index in [2.05, 4.69) is 37.7 Å². The van der Waals surface area contributed by atoms with E-state index in [1.807, 2.05) is 0 Å². The number of hydrogen-bond donors (Lipinski definition) is 1. The van der Waals surface area contributed by atoms with Gasteiger partial charge in [0.2, 0.25) is 0 Å². The molecule has 0 spiro atoms. The smallest absolute Gasteiger partial charge is 0.304 e. The molecule has 0 saturated carbocycles. The quantitative estimate of drug-likeness (QED) is 0.636. The maximum absolute atomic E-state index is 10.6. The Morgan fingerprint density at radius 3 is 2.24 bits per heavy atom. The molecular formula is C13H28N2O2. The lowest BCUT2D eigenvalue weighted by molar-refractivity contribution is -0.137. The molecule has 4 heteroatoms. The van der Waals surface area contributed by atoms with Gasteiger partial charge in [-0.3, -0.25) is 4.79 Å². The molecule has 0 bridgehead atoms. The molecule has 0 heterocycles. The number of carbonyl (C=O) groups is 1. The molecule has 0 saturated heterocycles. The highest BCUT2D eigenvalue weighted by atomic mass is 16.4. The fraction of sp³-hybridized carbons (Fsp3) is 0.923. The molecule has 0 amide bonds. The average molecular weight is 244 g/mol. The third-order valence-corrected chi connectivity index (χ3v) is 2.74. The third kappa shape index (κ3) is 11.6. The van der Waals surface area contributed by atoms with Gasteiger partial charge < -0.3 is 14.9 Å². The summed E-state index contributed by atoms with van der Waals surface area (Å²) in [6.45, 7) is 8.15. The van der Waals surface area contributed by atoms with Crippen LogP contribution in [0.5, 0.6) is 0 Å². The number of hydrogen-bond acceptors (Lipinski definition) is 3. The summed E-state index contributed by atoms with van der Waals surface area (Å²) < 4.78 is 0. The van der Waals surface area contributed by atoms with Gasteiger partial charge in [0, 0.05) is 6.54 Å². The van der Waals surface area contributed by atoms with Crippen molar-refractivity contribution < 1.29 is 9.90 Å². The fourth-order valence-corrected chi connectivity index (χ4v) is 1.64. The van der Waals surface area contributed by atoms with Gasteiger partial charge in [-0.05, 0) is 52.5 Å². The van der Waals surface area contributed by atoms with Gasteiger partial charge >= 0.3 is 5.97 Å². The second-order valence-electron chi connectivity index (χ2n) is 5.32. The zero-order valence-electron chi connectivity index (χ0n) is 11.8. The van der Waals surface area contributed by atoms with Gasteiger partial charge in [0.1, 0.15) is 0 Å². The van der Waals surface area contributed by atoms with Gasteiger partial charge in [-0.15, -0.1) is 0 Å². The zero-order valence-corrected chi connectivity index (χ0v) is 11.8. The molecule has 0 aliphatic carbocycles. The summed E-state index contributed by atoms with van der Waals surface area (Å²) >= 11 is 0. The van der Waals surface area contributed by atoms with Crippen molar-refractivity contribution in [3.63, 3.8) is 0 Å². The molecule has 17 heavy (non-hydrogen) atoms. The second kappa shape index (κ2) is 9.42. The van der Waals surface area contributed by atoms with Gasteiger partial charge in [0.25, 0.3) is 0 Å². The number of carboxylic acids is 1. The topological polar surface area (TPSA) is 43.8 Å². The highest BCUT2D eigenvalue weighted by Gasteiger charge is 2.08. The molecule has 0 aromatic carbocycles. The van der Waals surface area contributed by atoms with E-state index in [1.54, 1.807) is 0 Å². The zero-order chi connectivity index (χ0) is 13.3. The van der Waals surface area contributed by atoms with E-state index in [9.17, 15) is 4.79 Å². The van der Waals surface area contributed by atoms with Crippen LogP contribution in [-0.4, -0.2) is 61.2 Å². The Kier molecular flexibility index (Phi) is 9.09. The van der Waals surface area contributed by atoms with Crippen LogP contribution in [0, 0.1) is 5.92 Å². The molecular weight excluding hydrogens is 216 g/mol. The Morgan fingerprint density at radius 2 is 1.76 bits per heavy atom. The van der Waals surface area contributed by atoms with Crippen molar-refractivity contribution in [1.29, 1.82) is 0 Å². The first kappa shape index (κ1) is 16.4. The molecule has 0 unspecified atom stereocenters. The van der Waals surface area contributed by atoms with E-state index < -0.39 is 5.97 Å². The molecule has 0 fully saturated rings. The average Bonchev–Trinajstić information content (AvgIpc) is 2.20. The van der Waals surface area contributed by atoms with E-state index >= 15 is 0 Å². The van der Waals surface area contributed by atoms with E-state index in [1.165, 1.54) is 0 Å². The molecule has 0 radical (unpaired) electrons. The Bertz CT molecular complexity index is 206. The van der Waals surface area contributed by atoms with E-state index in [0.29, 0.717) is 12.5 Å². The highest BCUT2D eigenvalue weighted by molar-refractivity contribution is 5.66. The molecule has 4 nitrogen and oxygen atoms in total. The van der Waals surface area contributed by atoms with E-state index in [4.69, 9.17) is 5.11 Å². The maximum atomic E-state index is 10.6. The number of aliphatic carboxylic acids is 1. The van der Waals surface area contributed by atoms with Crippen LogP contribution in [-0.2, 0) is 4.79 Å². The molecule has 0 aliphatic heterocycles. The first-order valence-corrected chi connectivity index (χ1v) is 6.50. The Balaban J connectivity index is 3.87. The van der Waals surface area contributed by atoms with Gasteiger partial charge in [-0.1, -0.05) is 13.8 Å². The van der Waals surface area contributed by atoms with Crippen molar-refractivity contribution in [2.24, 2.45) is 5.92 Å². The number of nitrogens with zero attached hydrogens (tertiary/aromatic N) is 2. The largest absolute Gasteiger partial charge is 0.481 e. The van der Waals surface area contributed by atoms with Crippen molar-refractivity contribution in [3.8, 4) is 0 Å². The lowest BCUT2D eigenvalue weighted by Gasteiger charge is -2.23. The fourth-order valence-electron chi connectivity index (χ4n) is 1.64. The van der Waals surface area contributed by atoms with Crippen molar-refractivity contribution in [2.75, 3.05) is 40.3 Å². The minimum Gasteiger partial charge on any atom is -0.481 e. The van der Waals surface area contributed by atoms with Gasteiger partial charge in [-0.2, -0.15) is 0 Å². The van der Waals surface area contributed by atoms with Crippen LogP contribution in [0.2, 0.25) is 0 Å². The van der Waals surface area contributed by atoms with Gasteiger partial charge in [-0.25, -0.2) is 0 Å². The minimum absolute atomic E-state index is 0.250. The van der Waals surface area contributed by atoms with Crippen LogP contribution in [0.3, 0.4) is 0 Å². The van der Waals surface area contributed by atoms with Crippen LogP contribution in [0.25, 0.3) is 0 Å². The molecule has 1 N–H and O–H groups in total. The van der Waals surface area contributed by atoms with Crippen molar-refractivity contribution >= 4 is 5.97 Å². The Labute approximate surface area is 106 Å². The minimum atomic E-state index is -0.702. The molecule has 0 aliphatic rings. The normalized spacial score (nSPS) is 11.7. The molecule has 0 rings (SSSR count).